The third-order valence-electron chi connectivity index (χ3n) is 8.13. The first-order valence-corrected chi connectivity index (χ1v) is 13.5. The summed E-state index contributed by atoms with van der Waals surface area (Å²) in [5.74, 6) is 0.500. The Morgan fingerprint density at radius 1 is 1.14 bits per heavy atom. The average molecular weight is 511 g/mol. The lowest BCUT2D eigenvalue weighted by Gasteiger charge is -2.54. The number of aromatic nitrogens is 1. The van der Waals surface area contributed by atoms with Crippen LogP contribution in [0.1, 0.15) is 70.2 Å². The third kappa shape index (κ3) is 6.78. The van der Waals surface area contributed by atoms with Crippen LogP contribution in [0, 0.1) is 5.92 Å². The van der Waals surface area contributed by atoms with Gasteiger partial charge in [0.2, 0.25) is 5.91 Å². The van der Waals surface area contributed by atoms with E-state index in [1.165, 1.54) is 18.9 Å². The van der Waals surface area contributed by atoms with Gasteiger partial charge in [-0.1, -0.05) is 32.8 Å². The molecule has 1 unspecified atom stereocenters. The highest BCUT2D eigenvalue weighted by Crippen LogP contribution is 2.45. The number of nitrogens with zero attached hydrogens (tertiary/aromatic N) is 3. The molecule has 1 amide bonds. The number of rotatable bonds is 8. The van der Waals surface area contributed by atoms with E-state index in [1.807, 2.05) is 0 Å². The summed E-state index contributed by atoms with van der Waals surface area (Å²) in [5.41, 5.74) is -0.858. The van der Waals surface area contributed by atoms with Crippen LogP contribution in [-0.4, -0.2) is 77.7 Å². The Hall–Kier alpha value is -1.71. The molecule has 2 saturated heterocycles. The Kier molecular flexibility index (Phi) is 8.62. The highest BCUT2D eigenvalue weighted by atomic mass is 19.4. The van der Waals surface area contributed by atoms with Crippen LogP contribution < -0.4 is 5.32 Å². The first-order chi connectivity index (χ1) is 17.1. The molecule has 1 aliphatic carbocycles. The monoisotopic (exact) mass is 510 g/mol. The smallest absolute Gasteiger partial charge is 0.375 e. The minimum Gasteiger partial charge on any atom is -0.375 e. The van der Waals surface area contributed by atoms with Crippen molar-refractivity contribution in [2.45, 2.75) is 82.5 Å². The van der Waals surface area contributed by atoms with Crippen molar-refractivity contribution in [3.05, 3.63) is 29.6 Å². The lowest BCUT2D eigenvalue weighted by atomic mass is 9.76. The van der Waals surface area contributed by atoms with E-state index in [2.05, 4.69) is 33.9 Å². The molecule has 202 valence electrons. The number of halogens is 3. The van der Waals surface area contributed by atoms with Crippen LogP contribution in [0.5, 0.6) is 0 Å². The fourth-order valence-corrected chi connectivity index (χ4v) is 6.36. The minimum absolute atomic E-state index is 0.0833. The van der Waals surface area contributed by atoms with E-state index in [1.54, 1.807) is 6.07 Å². The zero-order chi connectivity index (χ0) is 25.8. The molecule has 36 heavy (non-hydrogen) atoms. The van der Waals surface area contributed by atoms with Crippen molar-refractivity contribution in [3.8, 4) is 0 Å². The number of aryl methyl sites for hydroxylation is 1. The molecule has 1 atom stereocenters. The highest BCUT2D eigenvalue weighted by molar-refractivity contribution is 5.76. The molecule has 3 aliphatic rings. The van der Waals surface area contributed by atoms with Gasteiger partial charge in [0.25, 0.3) is 0 Å². The van der Waals surface area contributed by atoms with Crippen LogP contribution >= 0.6 is 0 Å². The average Bonchev–Trinajstić information content (AvgIpc) is 3.28. The SMILES string of the molecule is CC(C)CN1CCN(C2(CNC(=O)CCc3cccc(C(F)(F)F)n3)CCOC3(CCCC3)C2)CC1. The molecule has 2 aliphatic heterocycles. The molecule has 3 heterocycles. The van der Waals surface area contributed by atoms with Crippen molar-refractivity contribution >= 4 is 5.91 Å². The van der Waals surface area contributed by atoms with Gasteiger partial charge in [0.1, 0.15) is 5.69 Å². The predicted molar refractivity (Wildman–Crippen MR) is 133 cm³/mol. The van der Waals surface area contributed by atoms with Crippen molar-refractivity contribution in [2.24, 2.45) is 5.92 Å². The lowest BCUT2D eigenvalue weighted by Crippen LogP contribution is -2.66. The fourth-order valence-electron chi connectivity index (χ4n) is 6.36. The number of piperazine rings is 1. The normalized spacial score (nSPS) is 25.5. The summed E-state index contributed by atoms with van der Waals surface area (Å²) in [6, 6.07) is 3.85. The number of hydrogen-bond acceptors (Lipinski definition) is 5. The Morgan fingerprint density at radius 3 is 2.53 bits per heavy atom. The molecule has 0 radical (unpaired) electrons. The van der Waals surface area contributed by atoms with E-state index in [-0.39, 0.29) is 35.6 Å². The minimum atomic E-state index is -4.48. The first-order valence-electron chi connectivity index (χ1n) is 13.5. The molecule has 1 aromatic heterocycles. The number of ether oxygens (including phenoxy) is 1. The van der Waals surface area contributed by atoms with Crippen LogP contribution in [0.25, 0.3) is 0 Å². The molecule has 0 aromatic carbocycles. The fraction of sp³-hybridized carbons (Fsp3) is 0.778. The van der Waals surface area contributed by atoms with Gasteiger partial charge in [-0.25, -0.2) is 4.98 Å². The summed E-state index contributed by atoms with van der Waals surface area (Å²) in [6.07, 6.45) is 2.17. The Morgan fingerprint density at radius 2 is 1.86 bits per heavy atom. The summed E-state index contributed by atoms with van der Waals surface area (Å²) in [6.45, 7) is 10.9. The number of pyridine rings is 1. The van der Waals surface area contributed by atoms with Gasteiger partial charge in [0, 0.05) is 63.5 Å². The summed E-state index contributed by atoms with van der Waals surface area (Å²) in [4.78, 5) is 21.6. The number of alkyl halides is 3. The van der Waals surface area contributed by atoms with Gasteiger partial charge in [-0.15, -0.1) is 0 Å². The summed E-state index contributed by atoms with van der Waals surface area (Å²) >= 11 is 0. The molecular weight excluding hydrogens is 469 g/mol. The van der Waals surface area contributed by atoms with Gasteiger partial charge in [-0.3, -0.25) is 9.69 Å². The summed E-state index contributed by atoms with van der Waals surface area (Å²) < 4.78 is 45.2. The summed E-state index contributed by atoms with van der Waals surface area (Å²) in [5, 5.41) is 3.16. The number of carbonyl (C=O) groups is 1. The zero-order valence-corrected chi connectivity index (χ0v) is 21.7. The number of nitrogens with one attached hydrogen (secondary N) is 1. The second kappa shape index (κ2) is 11.4. The second-order valence-electron chi connectivity index (χ2n) is 11.4. The Balaban J connectivity index is 1.39. The molecule has 1 N–H and O–H groups in total. The maximum absolute atomic E-state index is 13.0. The topological polar surface area (TPSA) is 57.7 Å². The van der Waals surface area contributed by atoms with Crippen LogP contribution in [0.4, 0.5) is 13.2 Å². The highest BCUT2D eigenvalue weighted by Gasteiger charge is 2.50. The van der Waals surface area contributed by atoms with Gasteiger partial charge in [-0.05, 0) is 50.2 Å². The van der Waals surface area contributed by atoms with E-state index in [9.17, 15) is 18.0 Å². The van der Waals surface area contributed by atoms with Crippen molar-refractivity contribution in [1.29, 1.82) is 0 Å². The standard InChI is InChI=1S/C27H41F3N4O2/c1-21(2)18-33-13-15-34(16-14-33)25(12-17-36-26(19-25)10-3-4-11-26)20-31-24(35)9-8-22-6-5-7-23(32-22)27(28,29)30/h5-7,21H,3-4,8-20H2,1-2H3,(H,31,35). The molecule has 4 rings (SSSR count). The van der Waals surface area contributed by atoms with Gasteiger partial charge >= 0.3 is 6.18 Å². The molecule has 0 bridgehead atoms. The molecule has 1 spiro atoms. The zero-order valence-electron chi connectivity index (χ0n) is 21.7. The van der Waals surface area contributed by atoms with E-state index in [4.69, 9.17) is 4.74 Å². The number of hydrogen-bond donors (Lipinski definition) is 1. The Bertz CT molecular complexity index is 880. The molecule has 3 fully saturated rings. The van der Waals surface area contributed by atoms with Gasteiger partial charge < -0.3 is 15.0 Å². The largest absolute Gasteiger partial charge is 0.433 e. The van der Waals surface area contributed by atoms with E-state index in [0.29, 0.717) is 19.1 Å². The van der Waals surface area contributed by atoms with E-state index in [0.717, 1.165) is 64.5 Å². The van der Waals surface area contributed by atoms with Gasteiger partial charge in [0.05, 0.1) is 5.60 Å². The quantitative estimate of drug-likeness (QED) is 0.566. The van der Waals surface area contributed by atoms with Gasteiger partial charge in [0.15, 0.2) is 0 Å². The number of carbonyl (C=O) groups excluding carboxylic acids is 1. The van der Waals surface area contributed by atoms with Crippen molar-refractivity contribution in [3.63, 3.8) is 0 Å². The molecule has 1 saturated carbocycles. The van der Waals surface area contributed by atoms with Crippen LogP contribution in [0.2, 0.25) is 0 Å². The molecule has 6 nitrogen and oxygen atoms in total. The van der Waals surface area contributed by atoms with Crippen molar-refractivity contribution in [1.82, 2.24) is 20.1 Å². The van der Waals surface area contributed by atoms with Crippen LogP contribution in [0.3, 0.4) is 0 Å². The Labute approximate surface area is 213 Å². The van der Waals surface area contributed by atoms with E-state index >= 15 is 0 Å². The lowest BCUT2D eigenvalue weighted by molar-refractivity contribution is -0.144. The van der Waals surface area contributed by atoms with Crippen molar-refractivity contribution in [2.75, 3.05) is 45.9 Å². The van der Waals surface area contributed by atoms with Crippen LogP contribution in [-0.2, 0) is 22.1 Å². The maximum atomic E-state index is 13.0. The van der Waals surface area contributed by atoms with Crippen molar-refractivity contribution < 1.29 is 22.7 Å². The predicted octanol–water partition coefficient (Wildman–Crippen LogP) is 4.28. The molecule has 9 heteroatoms. The van der Waals surface area contributed by atoms with E-state index < -0.39 is 11.9 Å². The molecule has 1 aromatic rings. The van der Waals surface area contributed by atoms with Gasteiger partial charge in [-0.2, -0.15) is 13.2 Å². The molecular formula is C27H41F3N4O2. The number of amides is 1. The summed E-state index contributed by atoms with van der Waals surface area (Å²) in [7, 11) is 0. The maximum Gasteiger partial charge on any atom is 0.433 e. The second-order valence-corrected chi connectivity index (χ2v) is 11.4. The third-order valence-corrected chi connectivity index (χ3v) is 8.13. The van der Waals surface area contributed by atoms with Crippen LogP contribution in [0.15, 0.2) is 18.2 Å². The first kappa shape index (κ1) is 27.3.